The molecule has 0 radical (unpaired) electrons. The van der Waals surface area contributed by atoms with E-state index in [9.17, 15) is 14.4 Å². The molecule has 0 fully saturated rings. The molecule has 2 rings (SSSR count). The van der Waals surface area contributed by atoms with Gasteiger partial charge in [0.15, 0.2) is 5.58 Å². The van der Waals surface area contributed by atoms with Crippen LogP contribution in [-0.2, 0) is 11.2 Å². The second-order valence-corrected chi connectivity index (χ2v) is 4.26. The molecule has 6 heteroatoms. The summed E-state index contributed by atoms with van der Waals surface area (Å²) in [6.45, 7) is 3.27. The highest BCUT2D eigenvalue weighted by Crippen LogP contribution is 2.15. The topological polar surface area (TPSA) is 81.3 Å². The van der Waals surface area contributed by atoms with E-state index < -0.39 is 5.76 Å². The smallest absolute Gasteiger partial charge is 0.407 e. The number of carbonyl (C=O) groups is 2. The summed E-state index contributed by atoms with van der Waals surface area (Å²) in [6, 6.07) is 5.18. The lowest BCUT2D eigenvalue weighted by molar-refractivity contribution is -0.118. The summed E-state index contributed by atoms with van der Waals surface area (Å²) >= 11 is 0. The first-order valence-corrected chi connectivity index (χ1v) is 5.89. The Hall–Kier alpha value is -2.37. The van der Waals surface area contributed by atoms with Crippen molar-refractivity contribution in [2.24, 2.45) is 0 Å². The summed E-state index contributed by atoms with van der Waals surface area (Å²) in [5, 5.41) is 2.69. The van der Waals surface area contributed by atoms with Gasteiger partial charge in [-0.3, -0.25) is 9.59 Å². The zero-order valence-electron chi connectivity index (χ0n) is 10.7. The highest BCUT2D eigenvalue weighted by molar-refractivity contribution is 5.87. The molecule has 1 heterocycles. The Labute approximate surface area is 109 Å². The average Bonchev–Trinajstić information content (AvgIpc) is 2.63. The van der Waals surface area contributed by atoms with Gasteiger partial charge in [-0.25, -0.2) is 9.36 Å². The summed E-state index contributed by atoms with van der Waals surface area (Å²) < 4.78 is 6.02. The number of benzene rings is 1. The van der Waals surface area contributed by atoms with Crippen LogP contribution in [0.2, 0.25) is 0 Å². The lowest BCUT2D eigenvalue weighted by Gasteiger charge is -2.02. The Balaban J connectivity index is 2.29. The second kappa shape index (κ2) is 5.09. The maximum atomic E-state index is 11.5. The summed E-state index contributed by atoms with van der Waals surface area (Å²) in [5.74, 6) is -1.15. The molecule has 0 atom stereocenters. The molecule has 0 aliphatic rings. The third kappa shape index (κ3) is 2.73. The van der Waals surface area contributed by atoms with Gasteiger partial charge in [-0.15, -0.1) is 0 Å². The van der Waals surface area contributed by atoms with Crippen molar-refractivity contribution in [2.75, 3.05) is 6.54 Å². The Kier molecular flexibility index (Phi) is 3.50. The number of oxazole rings is 1. The molecule has 0 unspecified atom stereocenters. The van der Waals surface area contributed by atoms with Gasteiger partial charge in [0.05, 0.1) is 5.52 Å². The van der Waals surface area contributed by atoms with Gasteiger partial charge in [-0.1, -0.05) is 6.07 Å². The highest BCUT2D eigenvalue weighted by atomic mass is 16.4. The largest absolute Gasteiger partial charge is 0.426 e. The van der Waals surface area contributed by atoms with Gasteiger partial charge in [-0.2, -0.15) is 0 Å². The van der Waals surface area contributed by atoms with Crippen molar-refractivity contribution in [2.45, 2.75) is 20.3 Å². The van der Waals surface area contributed by atoms with Crippen molar-refractivity contribution >= 4 is 22.9 Å². The van der Waals surface area contributed by atoms with Crippen LogP contribution in [0, 0.1) is 0 Å². The van der Waals surface area contributed by atoms with E-state index in [4.69, 9.17) is 4.42 Å². The minimum Gasteiger partial charge on any atom is -0.407 e. The molecular weight excluding hydrogens is 248 g/mol. The molecule has 0 bridgehead atoms. The van der Waals surface area contributed by atoms with Crippen LogP contribution in [-0.4, -0.2) is 22.9 Å². The van der Waals surface area contributed by atoms with Gasteiger partial charge in [-0.05, 0) is 24.1 Å². The Morgan fingerprint density at radius 1 is 1.32 bits per heavy atom. The molecule has 0 aliphatic carbocycles. The van der Waals surface area contributed by atoms with Crippen molar-refractivity contribution in [1.82, 2.24) is 9.88 Å². The summed E-state index contributed by atoms with van der Waals surface area (Å²) in [6.07, 6.45) is 0.629. The SMILES string of the molecule is CC(=O)NCCc1ccc2c(c1)oc(=O)n2C(C)=O. The van der Waals surface area contributed by atoms with E-state index >= 15 is 0 Å². The quantitative estimate of drug-likeness (QED) is 0.892. The Morgan fingerprint density at radius 3 is 2.68 bits per heavy atom. The van der Waals surface area contributed by atoms with Crippen LogP contribution in [0.15, 0.2) is 27.4 Å². The molecule has 0 spiro atoms. The summed E-state index contributed by atoms with van der Waals surface area (Å²) in [7, 11) is 0. The predicted octanol–water partition coefficient (Wildman–Crippen LogP) is 0.933. The average molecular weight is 262 g/mol. The van der Waals surface area contributed by atoms with Crippen molar-refractivity contribution in [3.63, 3.8) is 0 Å². The number of hydrogen-bond acceptors (Lipinski definition) is 4. The van der Waals surface area contributed by atoms with Crippen molar-refractivity contribution in [3.05, 3.63) is 34.3 Å². The molecule has 100 valence electrons. The molecule has 6 nitrogen and oxygen atoms in total. The monoisotopic (exact) mass is 262 g/mol. The van der Waals surface area contributed by atoms with Crippen LogP contribution in [0.25, 0.3) is 11.1 Å². The highest BCUT2D eigenvalue weighted by Gasteiger charge is 2.12. The molecule has 1 amide bonds. The number of carbonyl (C=O) groups excluding carboxylic acids is 2. The number of nitrogens with zero attached hydrogens (tertiary/aromatic N) is 1. The van der Waals surface area contributed by atoms with Gasteiger partial charge in [0.2, 0.25) is 11.8 Å². The third-order valence-electron chi connectivity index (χ3n) is 2.75. The molecule has 0 saturated heterocycles. The van der Waals surface area contributed by atoms with Crippen molar-refractivity contribution < 1.29 is 14.0 Å². The second-order valence-electron chi connectivity index (χ2n) is 4.26. The lowest BCUT2D eigenvalue weighted by Crippen LogP contribution is -2.22. The predicted molar refractivity (Wildman–Crippen MR) is 69.2 cm³/mol. The first-order chi connectivity index (χ1) is 8.99. The number of amides is 1. The molecule has 1 N–H and O–H groups in total. The molecule has 1 aromatic carbocycles. The van der Waals surface area contributed by atoms with E-state index in [0.717, 1.165) is 10.1 Å². The molecule has 1 aromatic heterocycles. The van der Waals surface area contributed by atoms with E-state index in [1.165, 1.54) is 13.8 Å². The molecule has 19 heavy (non-hydrogen) atoms. The van der Waals surface area contributed by atoms with Crippen LogP contribution >= 0.6 is 0 Å². The van der Waals surface area contributed by atoms with Gasteiger partial charge >= 0.3 is 5.76 Å². The van der Waals surface area contributed by atoms with E-state index in [-0.39, 0.29) is 11.8 Å². The molecular formula is C13H14N2O4. The first kappa shape index (κ1) is 13.1. The lowest BCUT2D eigenvalue weighted by atomic mass is 10.1. The van der Waals surface area contributed by atoms with Crippen LogP contribution < -0.4 is 11.1 Å². The summed E-state index contributed by atoms with van der Waals surface area (Å²) in [5.41, 5.74) is 1.76. The number of aromatic nitrogens is 1. The normalized spacial score (nSPS) is 10.6. The minimum absolute atomic E-state index is 0.0876. The van der Waals surface area contributed by atoms with Crippen LogP contribution in [0.4, 0.5) is 0 Å². The van der Waals surface area contributed by atoms with E-state index in [0.29, 0.717) is 24.1 Å². The molecule has 0 aliphatic heterocycles. The van der Waals surface area contributed by atoms with Gasteiger partial charge < -0.3 is 9.73 Å². The van der Waals surface area contributed by atoms with Crippen LogP contribution in [0.3, 0.4) is 0 Å². The van der Waals surface area contributed by atoms with Crippen LogP contribution in [0.1, 0.15) is 24.2 Å². The maximum absolute atomic E-state index is 11.5. The van der Waals surface area contributed by atoms with E-state index in [1.807, 2.05) is 0 Å². The third-order valence-corrected chi connectivity index (χ3v) is 2.75. The zero-order chi connectivity index (χ0) is 14.0. The fourth-order valence-electron chi connectivity index (χ4n) is 1.90. The maximum Gasteiger partial charge on any atom is 0.426 e. The first-order valence-electron chi connectivity index (χ1n) is 5.89. The number of fused-ring (bicyclic) bond motifs is 1. The molecule has 2 aromatic rings. The van der Waals surface area contributed by atoms with Crippen molar-refractivity contribution in [3.8, 4) is 0 Å². The standard InChI is InChI=1S/C13H14N2O4/c1-8(16)14-6-5-10-3-4-11-12(7-10)19-13(18)15(11)9(2)17/h3-4,7H,5-6H2,1-2H3,(H,14,16). The van der Waals surface area contributed by atoms with Crippen molar-refractivity contribution in [1.29, 1.82) is 0 Å². The number of nitrogens with one attached hydrogen (secondary N) is 1. The zero-order valence-corrected chi connectivity index (χ0v) is 10.7. The fourth-order valence-corrected chi connectivity index (χ4v) is 1.90. The number of hydrogen-bond donors (Lipinski definition) is 1. The summed E-state index contributed by atoms with van der Waals surface area (Å²) in [4.78, 5) is 33.6. The Morgan fingerprint density at radius 2 is 2.05 bits per heavy atom. The van der Waals surface area contributed by atoms with Gasteiger partial charge in [0.25, 0.3) is 0 Å². The molecule has 0 saturated carbocycles. The Bertz CT molecular complexity index is 696. The van der Waals surface area contributed by atoms with Gasteiger partial charge in [0.1, 0.15) is 0 Å². The van der Waals surface area contributed by atoms with E-state index in [2.05, 4.69) is 5.32 Å². The van der Waals surface area contributed by atoms with Crippen LogP contribution in [0.5, 0.6) is 0 Å². The van der Waals surface area contributed by atoms with E-state index in [1.54, 1.807) is 18.2 Å². The fraction of sp³-hybridized carbons (Fsp3) is 0.308. The van der Waals surface area contributed by atoms with Gasteiger partial charge in [0, 0.05) is 20.4 Å². The minimum atomic E-state index is -0.679. The number of rotatable bonds is 3.